The Balaban J connectivity index is 2.85. The minimum atomic E-state index is -0.895. The molecule has 1 aliphatic carbocycles. The fourth-order valence-electron chi connectivity index (χ4n) is 2.10. The first kappa shape index (κ1) is 15.8. The van der Waals surface area contributed by atoms with Gasteiger partial charge in [-0.25, -0.2) is 0 Å². The molecular formula is C14H27N3O2. The van der Waals surface area contributed by atoms with Crippen molar-refractivity contribution in [3.63, 3.8) is 0 Å². The summed E-state index contributed by atoms with van der Waals surface area (Å²) in [6.45, 7) is 8.71. The van der Waals surface area contributed by atoms with E-state index in [-0.39, 0.29) is 11.7 Å². The van der Waals surface area contributed by atoms with Gasteiger partial charge in [0.25, 0.3) is 0 Å². The van der Waals surface area contributed by atoms with Gasteiger partial charge in [-0.1, -0.05) is 25.9 Å². The molecule has 0 aromatic heterocycles. The number of carbonyl (C=O) groups excluding carboxylic acids is 1. The first-order valence-corrected chi connectivity index (χ1v) is 7.15. The standard InChI is InChI=1S/C14H27N3O2/c1-5-14(4,12(15)16-19)13(18)17(11-6-7-11)9-8-10(2)3/h10-11,19H,5-9H2,1-4H3,(H2,15,16). The first-order chi connectivity index (χ1) is 8.86. The number of hydrogen-bond acceptors (Lipinski definition) is 3. The van der Waals surface area contributed by atoms with E-state index in [0.717, 1.165) is 25.8 Å². The monoisotopic (exact) mass is 269 g/mol. The predicted octanol–water partition coefficient (Wildman–Crippen LogP) is 2.19. The normalized spacial score (nSPS) is 19.3. The van der Waals surface area contributed by atoms with Crippen LogP contribution in [0.5, 0.6) is 0 Å². The Morgan fingerprint density at radius 2 is 2.11 bits per heavy atom. The van der Waals surface area contributed by atoms with E-state index in [1.54, 1.807) is 6.92 Å². The Kier molecular flexibility index (Phi) is 5.20. The quantitative estimate of drug-likeness (QED) is 0.322. The van der Waals surface area contributed by atoms with Crippen LogP contribution in [0.15, 0.2) is 5.16 Å². The van der Waals surface area contributed by atoms with Crippen molar-refractivity contribution in [3.8, 4) is 0 Å². The highest BCUT2D eigenvalue weighted by atomic mass is 16.4. The summed E-state index contributed by atoms with van der Waals surface area (Å²) in [5, 5.41) is 12.0. The van der Waals surface area contributed by atoms with Gasteiger partial charge in [0.05, 0.1) is 0 Å². The number of hydrogen-bond donors (Lipinski definition) is 2. The van der Waals surface area contributed by atoms with Crippen molar-refractivity contribution in [3.05, 3.63) is 0 Å². The van der Waals surface area contributed by atoms with E-state index in [4.69, 9.17) is 10.9 Å². The summed E-state index contributed by atoms with van der Waals surface area (Å²) in [4.78, 5) is 14.7. The average Bonchev–Trinajstić information content (AvgIpc) is 3.20. The maximum absolute atomic E-state index is 12.7. The molecule has 0 aromatic rings. The van der Waals surface area contributed by atoms with Gasteiger partial charge in [0, 0.05) is 12.6 Å². The largest absolute Gasteiger partial charge is 0.409 e. The molecule has 0 radical (unpaired) electrons. The van der Waals surface area contributed by atoms with E-state index in [1.165, 1.54) is 0 Å². The fourth-order valence-corrected chi connectivity index (χ4v) is 2.10. The summed E-state index contributed by atoms with van der Waals surface area (Å²) in [6.07, 6.45) is 3.66. The van der Waals surface area contributed by atoms with Gasteiger partial charge in [0.15, 0.2) is 5.84 Å². The van der Waals surface area contributed by atoms with Crippen LogP contribution in [-0.4, -0.2) is 34.4 Å². The number of nitrogens with two attached hydrogens (primary N) is 1. The molecule has 19 heavy (non-hydrogen) atoms. The van der Waals surface area contributed by atoms with Gasteiger partial charge in [-0.3, -0.25) is 4.79 Å². The van der Waals surface area contributed by atoms with Gasteiger partial charge in [0.2, 0.25) is 5.91 Å². The van der Waals surface area contributed by atoms with Gasteiger partial charge in [-0.2, -0.15) is 0 Å². The summed E-state index contributed by atoms with van der Waals surface area (Å²) in [6, 6.07) is 0.351. The second-order valence-electron chi connectivity index (χ2n) is 6.08. The van der Waals surface area contributed by atoms with E-state index < -0.39 is 5.41 Å². The smallest absolute Gasteiger partial charge is 0.236 e. The highest BCUT2D eigenvalue weighted by Crippen LogP contribution is 2.33. The van der Waals surface area contributed by atoms with Crippen LogP contribution in [-0.2, 0) is 4.79 Å². The van der Waals surface area contributed by atoms with Crippen LogP contribution in [0.1, 0.15) is 53.4 Å². The Morgan fingerprint density at radius 1 is 1.53 bits per heavy atom. The Labute approximate surface area is 115 Å². The lowest BCUT2D eigenvalue weighted by Gasteiger charge is -2.33. The third kappa shape index (κ3) is 3.61. The van der Waals surface area contributed by atoms with E-state index in [1.807, 2.05) is 11.8 Å². The molecule has 1 saturated carbocycles. The summed E-state index contributed by atoms with van der Waals surface area (Å²) < 4.78 is 0. The molecular weight excluding hydrogens is 242 g/mol. The van der Waals surface area contributed by atoms with Crippen molar-refractivity contribution in [1.29, 1.82) is 0 Å². The molecule has 0 spiro atoms. The second-order valence-corrected chi connectivity index (χ2v) is 6.08. The maximum atomic E-state index is 12.7. The summed E-state index contributed by atoms with van der Waals surface area (Å²) in [5.74, 6) is 0.564. The van der Waals surface area contributed by atoms with Crippen molar-refractivity contribution in [2.24, 2.45) is 22.2 Å². The third-order valence-electron chi connectivity index (χ3n) is 4.05. The highest BCUT2D eigenvalue weighted by molar-refractivity contribution is 6.06. The number of rotatable bonds is 7. The number of amides is 1. The van der Waals surface area contributed by atoms with Crippen LogP contribution in [0, 0.1) is 11.3 Å². The molecule has 1 rings (SSSR count). The van der Waals surface area contributed by atoms with Crippen molar-refractivity contribution >= 4 is 11.7 Å². The summed E-state index contributed by atoms with van der Waals surface area (Å²) in [5.41, 5.74) is 4.84. The van der Waals surface area contributed by atoms with Crippen LogP contribution in [0.3, 0.4) is 0 Å². The lowest BCUT2D eigenvalue weighted by molar-refractivity contribution is -0.138. The van der Waals surface area contributed by atoms with Gasteiger partial charge < -0.3 is 15.8 Å². The molecule has 1 unspecified atom stereocenters. The molecule has 1 fully saturated rings. The molecule has 0 heterocycles. The number of carbonyl (C=O) groups is 1. The molecule has 1 atom stereocenters. The lowest BCUT2D eigenvalue weighted by atomic mass is 9.84. The molecule has 1 amide bonds. The zero-order chi connectivity index (χ0) is 14.6. The summed E-state index contributed by atoms with van der Waals surface area (Å²) >= 11 is 0. The lowest BCUT2D eigenvalue weighted by Crippen LogP contribution is -2.50. The molecule has 0 aromatic carbocycles. The van der Waals surface area contributed by atoms with Gasteiger partial charge in [-0.15, -0.1) is 0 Å². The second kappa shape index (κ2) is 6.26. The van der Waals surface area contributed by atoms with Crippen LogP contribution in [0.2, 0.25) is 0 Å². The van der Waals surface area contributed by atoms with Crippen LogP contribution >= 0.6 is 0 Å². The van der Waals surface area contributed by atoms with Crippen LogP contribution in [0.4, 0.5) is 0 Å². The Bertz CT molecular complexity index is 351. The SMILES string of the molecule is CCC(C)(C(=O)N(CCC(C)C)C1CC1)C(N)=NO. The van der Waals surface area contributed by atoms with Crippen LogP contribution < -0.4 is 5.73 Å². The van der Waals surface area contributed by atoms with Gasteiger partial charge in [-0.05, 0) is 38.5 Å². The molecule has 5 heteroatoms. The zero-order valence-corrected chi connectivity index (χ0v) is 12.5. The molecule has 0 bridgehead atoms. The molecule has 0 aliphatic heterocycles. The van der Waals surface area contributed by atoms with Crippen LogP contribution in [0.25, 0.3) is 0 Å². The molecule has 5 nitrogen and oxygen atoms in total. The zero-order valence-electron chi connectivity index (χ0n) is 12.5. The predicted molar refractivity (Wildman–Crippen MR) is 76.0 cm³/mol. The van der Waals surface area contributed by atoms with E-state index in [0.29, 0.717) is 18.4 Å². The average molecular weight is 269 g/mol. The minimum Gasteiger partial charge on any atom is -0.409 e. The van der Waals surface area contributed by atoms with Gasteiger partial charge >= 0.3 is 0 Å². The third-order valence-corrected chi connectivity index (χ3v) is 4.05. The topological polar surface area (TPSA) is 78.9 Å². The highest BCUT2D eigenvalue weighted by Gasteiger charge is 2.43. The number of nitrogens with zero attached hydrogens (tertiary/aromatic N) is 2. The van der Waals surface area contributed by atoms with Crippen molar-refractivity contribution in [1.82, 2.24) is 4.90 Å². The fraction of sp³-hybridized carbons (Fsp3) is 0.857. The van der Waals surface area contributed by atoms with Gasteiger partial charge in [0.1, 0.15) is 5.41 Å². The van der Waals surface area contributed by atoms with Crippen molar-refractivity contribution in [2.75, 3.05) is 6.54 Å². The molecule has 1 aliphatic rings. The van der Waals surface area contributed by atoms with E-state index in [9.17, 15) is 4.79 Å². The number of oxime groups is 1. The maximum Gasteiger partial charge on any atom is 0.236 e. The van der Waals surface area contributed by atoms with Crippen molar-refractivity contribution < 1.29 is 10.0 Å². The summed E-state index contributed by atoms with van der Waals surface area (Å²) in [7, 11) is 0. The molecule has 110 valence electrons. The van der Waals surface area contributed by atoms with Crippen molar-refractivity contribution in [2.45, 2.75) is 59.4 Å². The first-order valence-electron chi connectivity index (χ1n) is 7.15. The minimum absolute atomic E-state index is 0.00606. The number of amidine groups is 1. The Hall–Kier alpha value is -1.26. The Morgan fingerprint density at radius 3 is 2.47 bits per heavy atom. The molecule has 0 saturated heterocycles. The van der Waals surface area contributed by atoms with E-state index >= 15 is 0 Å². The van der Waals surface area contributed by atoms with E-state index in [2.05, 4.69) is 19.0 Å². The molecule has 3 N–H and O–H groups in total.